The van der Waals surface area contributed by atoms with Crippen molar-refractivity contribution in [3.8, 4) is 11.5 Å². The van der Waals surface area contributed by atoms with Gasteiger partial charge in [0.1, 0.15) is 5.82 Å². The highest BCUT2D eigenvalue weighted by atomic mass is 19.1. The van der Waals surface area contributed by atoms with Crippen LogP contribution in [0.2, 0.25) is 0 Å². The average Bonchev–Trinajstić information content (AvgIpc) is 2.40. The minimum Gasteiger partial charge on any atom is -0.403 e. The van der Waals surface area contributed by atoms with E-state index < -0.39 is 5.63 Å². The van der Waals surface area contributed by atoms with Crippen LogP contribution in [0, 0.1) is 12.7 Å². The molecule has 3 nitrogen and oxygen atoms in total. The van der Waals surface area contributed by atoms with Gasteiger partial charge in [-0.15, -0.1) is 0 Å². The van der Waals surface area contributed by atoms with Crippen molar-refractivity contribution in [3.63, 3.8) is 0 Å². The third-order valence-corrected chi connectivity index (χ3v) is 2.87. The molecule has 1 aromatic heterocycles. The fourth-order valence-corrected chi connectivity index (χ4v) is 1.90. The maximum atomic E-state index is 12.9. The van der Waals surface area contributed by atoms with Crippen LogP contribution in [0.1, 0.15) is 5.56 Å². The SMILES string of the molecule is Cc1ccc2nc(-c3ccc(F)cc3)oc(=O)c2c1. The van der Waals surface area contributed by atoms with Crippen molar-refractivity contribution < 1.29 is 8.81 Å². The van der Waals surface area contributed by atoms with Gasteiger partial charge in [-0.1, -0.05) is 11.6 Å². The zero-order valence-electron chi connectivity index (χ0n) is 10.2. The van der Waals surface area contributed by atoms with Gasteiger partial charge in [-0.3, -0.25) is 0 Å². The highest BCUT2D eigenvalue weighted by Crippen LogP contribution is 2.19. The molecular formula is C15H10FNO2. The van der Waals surface area contributed by atoms with Gasteiger partial charge < -0.3 is 4.42 Å². The molecule has 2 aromatic carbocycles. The van der Waals surface area contributed by atoms with Gasteiger partial charge in [0.05, 0.1) is 10.9 Å². The first-order valence-corrected chi connectivity index (χ1v) is 5.81. The minimum atomic E-state index is -0.437. The van der Waals surface area contributed by atoms with Crippen molar-refractivity contribution in [2.24, 2.45) is 0 Å². The maximum absolute atomic E-state index is 12.9. The van der Waals surface area contributed by atoms with Crippen molar-refractivity contribution in [2.75, 3.05) is 0 Å². The molecule has 3 aromatic rings. The molecule has 0 aliphatic carbocycles. The molecule has 0 amide bonds. The van der Waals surface area contributed by atoms with Crippen molar-refractivity contribution in [1.29, 1.82) is 0 Å². The normalized spacial score (nSPS) is 10.8. The Hall–Kier alpha value is -2.49. The van der Waals surface area contributed by atoms with E-state index in [1.54, 1.807) is 12.1 Å². The number of hydrogen-bond donors (Lipinski definition) is 0. The molecule has 0 aliphatic heterocycles. The minimum absolute atomic E-state index is 0.196. The third kappa shape index (κ3) is 2.12. The molecule has 19 heavy (non-hydrogen) atoms. The van der Waals surface area contributed by atoms with Gasteiger partial charge in [-0.2, -0.15) is 0 Å². The zero-order valence-corrected chi connectivity index (χ0v) is 10.2. The zero-order chi connectivity index (χ0) is 13.4. The fourth-order valence-electron chi connectivity index (χ4n) is 1.90. The first kappa shape index (κ1) is 11.6. The van der Waals surface area contributed by atoms with Crippen LogP contribution < -0.4 is 5.63 Å². The second kappa shape index (κ2) is 4.31. The Bertz CT molecular complexity index is 806. The highest BCUT2D eigenvalue weighted by molar-refractivity contribution is 5.79. The summed E-state index contributed by atoms with van der Waals surface area (Å²) in [7, 11) is 0. The summed E-state index contributed by atoms with van der Waals surface area (Å²) in [6, 6.07) is 11.0. The summed E-state index contributed by atoms with van der Waals surface area (Å²) < 4.78 is 18.0. The van der Waals surface area contributed by atoms with E-state index in [0.29, 0.717) is 16.5 Å². The number of rotatable bonds is 1. The van der Waals surface area contributed by atoms with Crippen LogP contribution in [-0.4, -0.2) is 4.98 Å². The van der Waals surface area contributed by atoms with Gasteiger partial charge in [0.15, 0.2) is 0 Å². The molecule has 0 saturated carbocycles. The van der Waals surface area contributed by atoms with Gasteiger partial charge >= 0.3 is 5.63 Å². The predicted octanol–water partition coefficient (Wildman–Crippen LogP) is 3.30. The fraction of sp³-hybridized carbons (Fsp3) is 0.0667. The smallest absolute Gasteiger partial charge is 0.347 e. The molecule has 3 rings (SSSR count). The van der Waals surface area contributed by atoms with Crippen molar-refractivity contribution in [3.05, 3.63) is 64.3 Å². The van der Waals surface area contributed by atoms with E-state index in [1.165, 1.54) is 24.3 Å². The van der Waals surface area contributed by atoms with Crippen LogP contribution in [0.3, 0.4) is 0 Å². The molecule has 0 unspecified atom stereocenters. The first-order chi connectivity index (χ1) is 9.13. The molecule has 94 valence electrons. The van der Waals surface area contributed by atoms with Crippen LogP contribution in [0.25, 0.3) is 22.4 Å². The third-order valence-electron chi connectivity index (χ3n) is 2.87. The molecular weight excluding hydrogens is 245 g/mol. The number of aromatic nitrogens is 1. The lowest BCUT2D eigenvalue weighted by atomic mass is 10.1. The highest BCUT2D eigenvalue weighted by Gasteiger charge is 2.08. The van der Waals surface area contributed by atoms with E-state index in [9.17, 15) is 9.18 Å². The summed E-state index contributed by atoms with van der Waals surface area (Å²) >= 11 is 0. The summed E-state index contributed by atoms with van der Waals surface area (Å²) in [5, 5.41) is 0.450. The molecule has 0 fully saturated rings. The molecule has 4 heteroatoms. The number of halogens is 1. The number of fused-ring (bicyclic) bond motifs is 1. The number of nitrogens with zero attached hydrogens (tertiary/aromatic N) is 1. The number of aryl methyl sites for hydroxylation is 1. The van der Waals surface area contributed by atoms with Crippen LogP contribution in [0.15, 0.2) is 51.7 Å². The van der Waals surface area contributed by atoms with Gasteiger partial charge in [-0.25, -0.2) is 14.2 Å². The molecule has 0 aliphatic rings. The van der Waals surface area contributed by atoms with Gasteiger partial charge in [-0.05, 0) is 43.3 Å². The molecule has 0 bridgehead atoms. The summed E-state index contributed by atoms with van der Waals surface area (Å²) in [4.78, 5) is 16.2. The summed E-state index contributed by atoms with van der Waals surface area (Å²) in [6.07, 6.45) is 0. The lowest BCUT2D eigenvalue weighted by Crippen LogP contribution is -2.03. The van der Waals surface area contributed by atoms with Crippen LogP contribution in [-0.2, 0) is 0 Å². The molecule has 0 saturated heterocycles. The van der Waals surface area contributed by atoms with Crippen LogP contribution in [0.4, 0.5) is 4.39 Å². The average molecular weight is 255 g/mol. The Morgan fingerprint density at radius 1 is 1.11 bits per heavy atom. The van der Waals surface area contributed by atoms with E-state index in [2.05, 4.69) is 4.98 Å². The first-order valence-electron chi connectivity index (χ1n) is 5.81. The Morgan fingerprint density at radius 3 is 2.58 bits per heavy atom. The van der Waals surface area contributed by atoms with E-state index in [0.717, 1.165) is 5.56 Å². The lowest BCUT2D eigenvalue weighted by molar-refractivity contribution is 0.518. The molecule has 0 radical (unpaired) electrons. The number of hydrogen-bond acceptors (Lipinski definition) is 3. The lowest BCUT2D eigenvalue weighted by Gasteiger charge is -2.02. The largest absolute Gasteiger partial charge is 0.403 e. The summed E-state index contributed by atoms with van der Waals surface area (Å²) in [5.41, 5.74) is 1.67. The number of benzene rings is 2. The van der Waals surface area contributed by atoms with Crippen molar-refractivity contribution >= 4 is 10.9 Å². The second-order valence-electron chi connectivity index (χ2n) is 4.33. The predicted molar refractivity (Wildman–Crippen MR) is 70.4 cm³/mol. The van der Waals surface area contributed by atoms with Gasteiger partial charge in [0, 0.05) is 5.56 Å². The topological polar surface area (TPSA) is 43.1 Å². The standard InChI is InChI=1S/C15H10FNO2/c1-9-2-7-13-12(8-9)15(18)19-14(17-13)10-3-5-11(16)6-4-10/h2-8H,1H3. The Morgan fingerprint density at radius 2 is 1.84 bits per heavy atom. The van der Waals surface area contributed by atoms with Crippen LogP contribution in [0.5, 0.6) is 0 Å². The van der Waals surface area contributed by atoms with E-state index in [-0.39, 0.29) is 11.7 Å². The molecule has 0 spiro atoms. The van der Waals surface area contributed by atoms with E-state index in [4.69, 9.17) is 4.42 Å². The Balaban J connectivity index is 2.24. The summed E-state index contributed by atoms with van der Waals surface area (Å²) in [6.45, 7) is 1.90. The van der Waals surface area contributed by atoms with Gasteiger partial charge in [0.25, 0.3) is 0 Å². The van der Waals surface area contributed by atoms with Crippen molar-refractivity contribution in [1.82, 2.24) is 4.98 Å². The quantitative estimate of drug-likeness (QED) is 0.670. The Labute approximate surface area is 108 Å². The molecule has 0 N–H and O–H groups in total. The Kier molecular flexibility index (Phi) is 2.63. The summed E-state index contributed by atoms with van der Waals surface area (Å²) in [5.74, 6) is -0.149. The molecule has 1 heterocycles. The van der Waals surface area contributed by atoms with Crippen molar-refractivity contribution in [2.45, 2.75) is 6.92 Å². The van der Waals surface area contributed by atoms with Gasteiger partial charge in [0.2, 0.25) is 5.89 Å². The van der Waals surface area contributed by atoms with E-state index >= 15 is 0 Å². The maximum Gasteiger partial charge on any atom is 0.347 e. The van der Waals surface area contributed by atoms with E-state index in [1.807, 2.05) is 13.0 Å². The van der Waals surface area contributed by atoms with Crippen LogP contribution >= 0.6 is 0 Å². The second-order valence-corrected chi connectivity index (χ2v) is 4.33. The monoisotopic (exact) mass is 255 g/mol. The molecule has 0 atom stereocenters.